The molecule has 5 nitrogen and oxygen atoms in total. The maximum atomic E-state index is 6.38. The van der Waals surface area contributed by atoms with E-state index < -0.39 is 5.54 Å². The Morgan fingerprint density at radius 3 is 3.00 bits per heavy atom. The average Bonchev–Trinajstić information content (AvgIpc) is 2.95. The Morgan fingerprint density at radius 1 is 1.50 bits per heavy atom. The number of aromatic nitrogens is 2. The van der Waals surface area contributed by atoms with Crippen LogP contribution in [0.15, 0.2) is 4.52 Å². The smallest absolute Gasteiger partial charge is 0.229 e. The highest BCUT2D eigenvalue weighted by atomic mass is 16.5. The van der Waals surface area contributed by atoms with E-state index in [2.05, 4.69) is 22.1 Å². The van der Waals surface area contributed by atoms with Crippen LogP contribution >= 0.6 is 0 Å². The number of hydrogen-bond donors (Lipinski definition) is 1. The van der Waals surface area contributed by atoms with Crippen LogP contribution < -0.4 is 5.73 Å². The summed E-state index contributed by atoms with van der Waals surface area (Å²) in [6.07, 6.45) is 4.40. The van der Waals surface area contributed by atoms with Crippen LogP contribution in [-0.2, 0) is 5.54 Å². The van der Waals surface area contributed by atoms with Crippen molar-refractivity contribution >= 4 is 0 Å². The molecule has 0 bridgehead atoms. The molecule has 0 amide bonds. The van der Waals surface area contributed by atoms with E-state index in [4.69, 9.17) is 10.3 Å². The second-order valence-corrected chi connectivity index (χ2v) is 5.23. The van der Waals surface area contributed by atoms with Crippen molar-refractivity contribution in [3.63, 3.8) is 0 Å². The molecule has 1 aromatic rings. The molecule has 1 saturated carbocycles. The van der Waals surface area contributed by atoms with Crippen LogP contribution in [0.2, 0.25) is 0 Å². The highest BCUT2D eigenvalue weighted by Crippen LogP contribution is 2.39. The zero-order chi connectivity index (χ0) is 11.2. The molecule has 0 aromatic carbocycles. The van der Waals surface area contributed by atoms with Crippen LogP contribution in [0.1, 0.15) is 43.3 Å². The third-order valence-corrected chi connectivity index (χ3v) is 3.53. The SMILES string of the molecule is CN1CCCC(N)(c2noc(C3CC3)n2)C1. The zero-order valence-corrected chi connectivity index (χ0v) is 9.65. The van der Waals surface area contributed by atoms with Crippen LogP contribution in [0.5, 0.6) is 0 Å². The molecule has 3 rings (SSSR count). The molecule has 0 radical (unpaired) electrons. The Kier molecular flexibility index (Phi) is 2.26. The van der Waals surface area contributed by atoms with Crippen molar-refractivity contribution in [3.05, 3.63) is 11.7 Å². The molecule has 1 aliphatic carbocycles. The summed E-state index contributed by atoms with van der Waals surface area (Å²) in [5.74, 6) is 1.99. The first-order chi connectivity index (χ1) is 7.67. The lowest BCUT2D eigenvalue weighted by Gasteiger charge is -2.35. The van der Waals surface area contributed by atoms with Gasteiger partial charge >= 0.3 is 0 Å². The van der Waals surface area contributed by atoms with Gasteiger partial charge in [0.25, 0.3) is 0 Å². The highest BCUT2D eigenvalue weighted by Gasteiger charge is 2.38. The van der Waals surface area contributed by atoms with Crippen LogP contribution in [-0.4, -0.2) is 35.2 Å². The first-order valence-electron chi connectivity index (χ1n) is 5.99. The van der Waals surface area contributed by atoms with Crippen molar-refractivity contribution < 1.29 is 4.52 Å². The predicted octanol–water partition coefficient (Wildman–Crippen LogP) is 0.827. The van der Waals surface area contributed by atoms with Crippen molar-refractivity contribution in [1.29, 1.82) is 0 Å². The topological polar surface area (TPSA) is 68.2 Å². The van der Waals surface area contributed by atoms with Crippen molar-refractivity contribution in [2.75, 3.05) is 20.1 Å². The van der Waals surface area contributed by atoms with Crippen molar-refractivity contribution in [2.24, 2.45) is 5.73 Å². The molecular formula is C11H18N4O. The standard InChI is InChI=1S/C11H18N4O/c1-15-6-2-5-11(12,7-15)10-13-9(16-14-10)8-3-4-8/h8H,2-7,12H2,1H3. The van der Waals surface area contributed by atoms with Crippen molar-refractivity contribution in [1.82, 2.24) is 15.0 Å². The number of rotatable bonds is 2. The minimum Gasteiger partial charge on any atom is -0.339 e. The van der Waals surface area contributed by atoms with Crippen LogP contribution in [0.25, 0.3) is 0 Å². The normalized spacial score (nSPS) is 31.9. The maximum absolute atomic E-state index is 6.38. The summed E-state index contributed by atoms with van der Waals surface area (Å²) < 4.78 is 5.28. The van der Waals surface area contributed by atoms with Crippen LogP contribution in [0, 0.1) is 0 Å². The summed E-state index contributed by atoms with van der Waals surface area (Å²) >= 11 is 0. The van der Waals surface area contributed by atoms with Crippen molar-refractivity contribution in [3.8, 4) is 0 Å². The summed E-state index contributed by atoms with van der Waals surface area (Å²) in [5, 5.41) is 4.07. The first kappa shape index (κ1) is 10.2. The second kappa shape index (κ2) is 3.53. The number of piperidine rings is 1. The summed E-state index contributed by atoms with van der Waals surface area (Å²) in [7, 11) is 2.09. The van der Waals surface area contributed by atoms with Gasteiger partial charge in [-0.15, -0.1) is 0 Å². The van der Waals surface area contributed by atoms with Gasteiger partial charge in [0.1, 0.15) is 0 Å². The Labute approximate surface area is 95.0 Å². The average molecular weight is 222 g/mol. The molecule has 1 atom stereocenters. The van der Waals surface area contributed by atoms with E-state index in [1.807, 2.05) is 0 Å². The molecule has 88 valence electrons. The van der Waals surface area contributed by atoms with Gasteiger partial charge in [-0.3, -0.25) is 0 Å². The summed E-state index contributed by atoms with van der Waals surface area (Å²) in [6.45, 7) is 1.92. The summed E-state index contributed by atoms with van der Waals surface area (Å²) in [5.41, 5.74) is 5.96. The molecule has 16 heavy (non-hydrogen) atoms. The highest BCUT2D eigenvalue weighted by molar-refractivity contribution is 5.10. The molecule has 1 aliphatic heterocycles. The third kappa shape index (κ3) is 1.74. The van der Waals surface area contributed by atoms with Gasteiger partial charge in [-0.2, -0.15) is 4.98 Å². The summed E-state index contributed by atoms with van der Waals surface area (Å²) in [6, 6.07) is 0. The van der Waals surface area contributed by atoms with Gasteiger partial charge in [0.05, 0.1) is 5.54 Å². The maximum Gasteiger partial charge on any atom is 0.229 e. The van der Waals surface area contributed by atoms with Gasteiger partial charge < -0.3 is 15.2 Å². The Morgan fingerprint density at radius 2 is 2.31 bits per heavy atom. The summed E-state index contributed by atoms with van der Waals surface area (Å²) in [4.78, 5) is 6.71. The lowest BCUT2D eigenvalue weighted by Crippen LogP contribution is -2.51. The second-order valence-electron chi connectivity index (χ2n) is 5.23. The quantitative estimate of drug-likeness (QED) is 0.802. The van der Waals surface area contributed by atoms with E-state index in [0.717, 1.165) is 31.8 Å². The van der Waals surface area contributed by atoms with Crippen LogP contribution in [0.4, 0.5) is 0 Å². The largest absolute Gasteiger partial charge is 0.339 e. The van der Waals surface area contributed by atoms with E-state index in [0.29, 0.717) is 11.7 Å². The fraction of sp³-hybridized carbons (Fsp3) is 0.818. The Bertz CT molecular complexity index is 387. The van der Waals surface area contributed by atoms with E-state index in [1.54, 1.807) is 0 Å². The van der Waals surface area contributed by atoms with E-state index >= 15 is 0 Å². The molecule has 2 aliphatic rings. The van der Waals surface area contributed by atoms with Gasteiger partial charge in [-0.1, -0.05) is 5.16 Å². The van der Waals surface area contributed by atoms with E-state index in [9.17, 15) is 0 Å². The van der Waals surface area contributed by atoms with Gasteiger partial charge in [0.15, 0.2) is 5.82 Å². The van der Waals surface area contributed by atoms with Gasteiger partial charge in [0, 0.05) is 12.5 Å². The minimum absolute atomic E-state index is 0.413. The number of likely N-dealkylation sites (N-methyl/N-ethyl adjacent to an activating group) is 1. The molecule has 2 N–H and O–H groups in total. The molecule has 0 spiro atoms. The molecule has 2 heterocycles. The molecule has 5 heteroatoms. The lowest BCUT2D eigenvalue weighted by molar-refractivity contribution is 0.169. The number of nitrogens with zero attached hydrogens (tertiary/aromatic N) is 3. The van der Waals surface area contributed by atoms with Crippen LogP contribution in [0.3, 0.4) is 0 Å². The molecule has 1 aromatic heterocycles. The number of nitrogens with two attached hydrogens (primary N) is 1. The number of hydrogen-bond acceptors (Lipinski definition) is 5. The Balaban J connectivity index is 1.82. The third-order valence-electron chi connectivity index (χ3n) is 3.53. The van der Waals surface area contributed by atoms with Crippen molar-refractivity contribution in [2.45, 2.75) is 37.1 Å². The monoisotopic (exact) mass is 222 g/mol. The molecule has 2 fully saturated rings. The van der Waals surface area contributed by atoms with Gasteiger partial charge in [-0.25, -0.2) is 0 Å². The number of likely N-dealkylation sites (tertiary alicyclic amines) is 1. The zero-order valence-electron chi connectivity index (χ0n) is 9.65. The Hall–Kier alpha value is -0.940. The van der Waals surface area contributed by atoms with Gasteiger partial charge in [-0.05, 0) is 39.3 Å². The molecule has 1 unspecified atom stereocenters. The first-order valence-corrected chi connectivity index (χ1v) is 5.99. The molecule has 1 saturated heterocycles. The van der Waals surface area contributed by atoms with E-state index in [-0.39, 0.29) is 0 Å². The fourth-order valence-corrected chi connectivity index (χ4v) is 2.42. The fourth-order valence-electron chi connectivity index (χ4n) is 2.42. The lowest BCUT2D eigenvalue weighted by atomic mass is 9.90. The van der Waals surface area contributed by atoms with Gasteiger partial charge in [0.2, 0.25) is 5.89 Å². The molecular weight excluding hydrogens is 204 g/mol. The minimum atomic E-state index is -0.413. The predicted molar refractivity (Wildman–Crippen MR) is 58.9 cm³/mol. The van der Waals surface area contributed by atoms with E-state index in [1.165, 1.54) is 12.8 Å².